The predicted octanol–water partition coefficient (Wildman–Crippen LogP) is 4.14. The molecule has 20 heavy (non-hydrogen) atoms. The molecule has 0 radical (unpaired) electrons. The molecule has 104 valence electrons. The highest BCUT2D eigenvalue weighted by atomic mass is 35.5. The molecule has 1 saturated carbocycles. The summed E-state index contributed by atoms with van der Waals surface area (Å²) in [4.78, 5) is 6.60. The van der Waals surface area contributed by atoms with Crippen LogP contribution in [0.5, 0.6) is 0 Å². The zero-order valence-electron chi connectivity index (χ0n) is 10.9. The van der Waals surface area contributed by atoms with Gasteiger partial charge in [0, 0.05) is 24.5 Å². The minimum absolute atomic E-state index is 0.487. The summed E-state index contributed by atoms with van der Waals surface area (Å²) in [7, 11) is 0. The van der Waals surface area contributed by atoms with Crippen molar-refractivity contribution >= 4 is 34.7 Å². The topological polar surface area (TPSA) is 42.1 Å². The van der Waals surface area contributed by atoms with Gasteiger partial charge in [0.2, 0.25) is 0 Å². The van der Waals surface area contributed by atoms with Gasteiger partial charge in [-0.25, -0.2) is 4.98 Å². The van der Waals surface area contributed by atoms with Crippen LogP contribution in [0.1, 0.15) is 18.4 Å². The number of para-hydroxylation sites is 1. The van der Waals surface area contributed by atoms with E-state index >= 15 is 0 Å². The van der Waals surface area contributed by atoms with E-state index in [0.29, 0.717) is 22.6 Å². The van der Waals surface area contributed by atoms with Gasteiger partial charge in [-0.2, -0.15) is 0 Å². The van der Waals surface area contributed by atoms with Gasteiger partial charge in [0.25, 0.3) is 0 Å². The summed E-state index contributed by atoms with van der Waals surface area (Å²) in [5.74, 6) is 0.779. The lowest BCUT2D eigenvalue weighted by Crippen LogP contribution is -2.26. The van der Waals surface area contributed by atoms with E-state index in [0.717, 1.165) is 29.9 Å². The van der Waals surface area contributed by atoms with E-state index in [-0.39, 0.29) is 0 Å². The van der Waals surface area contributed by atoms with Gasteiger partial charge in [0.1, 0.15) is 5.82 Å². The maximum absolute atomic E-state index is 6.28. The summed E-state index contributed by atoms with van der Waals surface area (Å²) in [6, 6.07) is 10.1. The standard InChI is InChI=1S/C15H15Cl2N3/c16-11-7-13(17)15(19-8-11)20(12-5-6-12)9-10-3-1-2-4-14(10)18/h1-4,7-8,12H,5-6,9,18H2. The third-order valence-electron chi connectivity index (χ3n) is 3.44. The molecule has 1 fully saturated rings. The molecule has 1 aromatic carbocycles. The number of halogens is 2. The van der Waals surface area contributed by atoms with E-state index in [4.69, 9.17) is 28.9 Å². The van der Waals surface area contributed by atoms with Gasteiger partial charge in [0.15, 0.2) is 0 Å². The Bertz CT molecular complexity index is 626. The Morgan fingerprint density at radius 1 is 1.25 bits per heavy atom. The molecule has 0 atom stereocenters. The fraction of sp³-hybridized carbons (Fsp3) is 0.267. The first-order valence-electron chi connectivity index (χ1n) is 6.56. The van der Waals surface area contributed by atoms with Crippen molar-refractivity contribution < 1.29 is 0 Å². The molecule has 3 rings (SSSR count). The molecular weight excluding hydrogens is 293 g/mol. The maximum Gasteiger partial charge on any atom is 0.148 e. The van der Waals surface area contributed by atoms with E-state index in [1.54, 1.807) is 12.3 Å². The Morgan fingerprint density at radius 3 is 2.65 bits per heavy atom. The van der Waals surface area contributed by atoms with Crippen LogP contribution < -0.4 is 10.6 Å². The molecular formula is C15H15Cl2N3. The largest absolute Gasteiger partial charge is 0.398 e. The second-order valence-electron chi connectivity index (χ2n) is 5.02. The first kappa shape index (κ1) is 13.5. The Hall–Kier alpha value is -1.45. The van der Waals surface area contributed by atoms with Gasteiger partial charge in [-0.3, -0.25) is 0 Å². The van der Waals surface area contributed by atoms with Gasteiger partial charge in [-0.15, -0.1) is 0 Å². The average molecular weight is 308 g/mol. The minimum atomic E-state index is 0.487. The molecule has 0 unspecified atom stereocenters. The van der Waals surface area contributed by atoms with E-state index < -0.39 is 0 Å². The molecule has 0 saturated heterocycles. The normalized spacial score (nSPS) is 14.3. The van der Waals surface area contributed by atoms with Crippen LogP contribution in [0.3, 0.4) is 0 Å². The first-order chi connectivity index (χ1) is 9.65. The fourth-order valence-electron chi connectivity index (χ4n) is 2.24. The summed E-state index contributed by atoms with van der Waals surface area (Å²) in [5, 5.41) is 1.13. The van der Waals surface area contributed by atoms with E-state index in [2.05, 4.69) is 9.88 Å². The van der Waals surface area contributed by atoms with Crippen LogP contribution in [0.25, 0.3) is 0 Å². The lowest BCUT2D eigenvalue weighted by atomic mass is 10.1. The molecule has 5 heteroatoms. The molecule has 3 nitrogen and oxygen atoms in total. The van der Waals surface area contributed by atoms with Gasteiger partial charge in [-0.1, -0.05) is 41.4 Å². The molecule has 2 aromatic rings. The lowest BCUT2D eigenvalue weighted by molar-refractivity contribution is 0.780. The number of hydrogen-bond donors (Lipinski definition) is 1. The number of benzene rings is 1. The highest BCUT2D eigenvalue weighted by Crippen LogP contribution is 2.36. The van der Waals surface area contributed by atoms with Crippen LogP contribution in [0.4, 0.5) is 11.5 Å². The SMILES string of the molecule is Nc1ccccc1CN(c1ncc(Cl)cc1Cl)C1CC1. The van der Waals surface area contributed by atoms with Crippen molar-refractivity contribution in [3.05, 3.63) is 52.1 Å². The van der Waals surface area contributed by atoms with Gasteiger partial charge < -0.3 is 10.6 Å². The number of aromatic nitrogens is 1. The number of hydrogen-bond acceptors (Lipinski definition) is 3. The minimum Gasteiger partial charge on any atom is -0.398 e. The van der Waals surface area contributed by atoms with Crippen LogP contribution in [0, 0.1) is 0 Å². The van der Waals surface area contributed by atoms with Gasteiger partial charge in [-0.05, 0) is 30.5 Å². The average Bonchev–Trinajstić information content (AvgIpc) is 3.23. The maximum atomic E-state index is 6.28. The Kier molecular flexibility index (Phi) is 3.72. The number of anilines is 2. The summed E-state index contributed by atoms with van der Waals surface area (Å²) in [5.41, 5.74) is 7.91. The Balaban J connectivity index is 1.92. The highest BCUT2D eigenvalue weighted by molar-refractivity contribution is 6.36. The summed E-state index contributed by atoms with van der Waals surface area (Å²) in [6.07, 6.45) is 3.95. The smallest absolute Gasteiger partial charge is 0.148 e. The van der Waals surface area contributed by atoms with Crippen LogP contribution in [-0.2, 0) is 6.54 Å². The highest BCUT2D eigenvalue weighted by Gasteiger charge is 2.31. The van der Waals surface area contributed by atoms with E-state index in [1.165, 1.54) is 0 Å². The monoisotopic (exact) mass is 307 g/mol. The van der Waals surface area contributed by atoms with Crippen molar-refractivity contribution in [1.29, 1.82) is 0 Å². The number of nitrogens with zero attached hydrogens (tertiary/aromatic N) is 2. The number of nitrogen functional groups attached to an aromatic ring is 1. The van der Waals surface area contributed by atoms with Crippen LogP contribution in [0.2, 0.25) is 10.0 Å². The zero-order valence-corrected chi connectivity index (χ0v) is 12.4. The zero-order chi connectivity index (χ0) is 14.1. The second-order valence-corrected chi connectivity index (χ2v) is 5.86. The Morgan fingerprint density at radius 2 is 2.00 bits per heavy atom. The molecule has 0 amide bonds. The fourth-order valence-corrected chi connectivity index (χ4v) is 2.73. The molecule has 1 aromatic heterocycles. The molecule has 1 aliphatic carbocycles. The second kappa shape index (κ2) is 5.51. The van der Waals surface area contributed by atoms with E-state index in [1.807, 2.05) is 24.3 Å². The summed E-state index contributed by atoms with van der Waals surface area (Å²) < 4.78 is 0. The Labute approximate surface area is 128 Å². The third-order valence-corrected chi connectivity index (χ3v) is 3.93. The van der Waals surface area contributed by atoms with Crippen molar-refractivity contribution in [2.24, 2.45) is 0 Å². The van der Waals surface area contributed by atoms with Crippen molar-refractivity contribution in [3.8, 4) is 0 Å². The summed E-state index contributed by atoms with van der Waals surface area (Å²) >= 11 is 12.2. The number of nitrogens with two attached hydrogens (primary N) is 1. The molecule has 2 N–H and O–H groups in total. The lowest BCUT2D eigenvalue weighted by Gasteiger charge is -2.25. The van der Waals surface area contributed by atoms with Crippen molar-refractivity contribution in [2.45, 2.75) is 25.4 Å². The number of pyridine rings is 1. The van der Waals surface area contributed by atoms with Crippen molar-refractivity contribution in [2.75, 3.05) is 10.6 Å². The van der Waals surface area contributed by atoms with Crippen molar-refractivity contribution in [3.63, 3.8) is 0 Å². The van der Waals surface area contributed by atoms with E-state index in [9.17, 15) is 0 Å². The molecule has 0 spiro atoms. The number of rotatable bonds is 4. The third kappa shape index (κ3) is 2.84. The first-order valence-corrected chi connectivity index (χ1v) is 7.32. The molecule has 0 bridgehead atoms. The van der Waals surface area contributed by atoms with Gasteiger partial charge >= 0.3 is 0 Å². The summed E-state index contributed by atoms with van der Waals surface area (Å²) in [6.45, 7) is 0.714. The van der Waals surface area contributed by atoms with Crippen LogP contribution >= 0.6 is 23.2 Å². The molecule has 0 aliphatic heterocycles. The van der Waals surface area contributed by atoms with Crippen LogP contribution in [0.15, 0.2) is 36.5 Å². The molecule has 1 aliphatic rings. The molecule has 1 heterocycles. The quantitative estimate of drug-likeness (QED) is 0.863. The van der Waals surface area contributed by atoms with Crippen LogP contribution in [-0.4, -0.2) is 11.0 Å². The van der Waals surface area contributed by atoms with Gasteiger partial charge in [0.05, 0.1) is 10.0 Å². The predicted molar refractivity (Wildman–Crippen MR) is 84.3 cm³/mol. The van der Waals surface area contributed by atoms with Crippen molar-refractivity contribution in [1.82, 2.24) is 4.98 Å².